The van der Waals surface area contributed by atoms with Crippen LogP contribution in [-0.4, -0.2) is 51.4 Å². The Bertz CT molecular complexity index is 1350. The number of hydrogen-bond donors (Lipinski definition) is 2. The molecule has 1 aromatic heterocycles. The second kappa shape index (κ2) is 10.1. The van der Waals surface area contributed by atoms with Gasteiger partial charge >= 0.3 is 6.03 Å². The zero-order valence-electron chi connectivity index (χ0n) is 21.0. The molecule has 2 aromatic carbocycles. The first kappa shape index (κ1) is 25.9. The van der Waals surface area contributed by atoms with Crippen LogP contribution < -0.4 is 15.4 Å². The van der Waals surface area contributed by atoms with Crippen LogP contribution in [0.25, 0.3) is 11.0 Å². The third kappa shape index (κ3) is 5.18. The quantitative estimate of drug-likeness (QED) is 0.471. The van der Waals surface area contributed by atoms with Gasteiger partial charge in [-0.25, -0.2) is 18.2 Å². The molecule has 1 saturated heterocycles. The van der Waals surface area contributed by atoms with Crippen LogP contribution in [0.4, 0.5) is 16.2 Å². The summed E-state index contributed by atoms with van der Waals surface area (Å²) in [5, 5.41) is 2.42. The van der Waals surface area contributed by atoms with Gasteiger partial charge in [-0.2, -0.15) is 0 Å². The van der Waals surface area contributed by atoms with E-state index in [2.05, 4.69) is 9.88 Å². The molecule has 0 unspecified atom stereocenters. The molecular weight excluding hydrogens is 482 g/mol. The molecular formula is C25H33N5O5S. The number of nitrogens with one attached hydrogen (secondary N) is 1. The van der Waals surface area contributed by atoms with Gasteiger partial charge < -0.3 is 25.1 Å². The zero-order valence-corrected chi connectivity index (χ0v) is 21.8. The fraction of sp³-hybridized carbons (Fsp3) is 0.440. The van der Waals surface area contributed by atoms with Crippen molar-refractivity contribution in [3.63, 3.8) is 0 Å². The molecule has 36 heavy (non-hydrogen) atoms. The minimum absolute atomic E-state index is 0.0892. The number of nitrogens with zero attached hydrogens (tertiary/aromatic N) is 3. The van der Waals surface area contributed by atoms with Gasteiger partial charge in [0.25, 0.3) is 10.0 Å². The van der Waals surface area contributed by atoms with E-state index in [-0.39, 0.29) is 4.90 Å². The SMILES string of the molecule is COC(C)(C)c1nc2cc(N(C)S(=O)(=O)c3ccc(NC(N)=O)cc3)ccc2n1CC1CCOCC1. The Hall–Kier alpha value is -3.15. The number of sulfonamides is 1. The van der Waals surface area contributed by atoms with Crippen LogP contribution in [0.1, 0.15) is 32.5 Å². The Morgan fingerprint density at radius 2 is 1.89 bits per heavy atom. The lowest BCUT2D eigenvalue weighted by molar-refractivity contribution is 0.00684. The van der Waals surface area contributed by atoms with E-state index in [0.717, 1.165) is 43.9 Å². The van der Waals surface area contributed by atoms with E-state index < -0.39 is 21.7 Å². The van der Waals surface area contributed by atoms with Crippen LogP contribution in [0.15, 0.2) is 47.4 Å². The summed E-state index contributed by atoms with van der Waals surface area (Å²) in [6.07, 6.45) is 1.97. The zero-order chi connectivity index (χ0) is 26.1. The summed E-state index contributed by atoms with van der Waals surface area (Å²) in [6, 6.07) is 10.6. The van der Waals surface area contributed by atoms with Gasteiger partial charge in [-0.05, 0) is 75.1 Å². The lowest BCUT2D eigenvalue weighted by Gasteiger charge is -2.27. The predicted octanol–water partition coefficient (Wildman–Crippen LogP) is 3.66. The van der Waals surface area contributed by atoms with E-state index in [1.54, 1.807) is 19.2 Å². The van der Waals surface area contributed by atoms with Crippen molar-refractivity contribution >= 4 is 38.5 Å². The molecule has 11 heteroatoms. The molecule has 0 aliphatic carbocycles. The summed E-state index contributed by atoms with van der Waals surface area (Å²) >= 11 is 0. The van der Waals surface area contributed by atoms with Crippen molar-refractivity contribution in [2.75, 3.05) is 37.0 Å². The van der Waals surface area contributed by atoms with Crippen molar-refractivity contribution in [2.45, 2.75) is 43.7 Å². The summed E-state index contributed by atoms with van der Waals surface area (Å²) in [4.78, 5) is 16.0. The minimum Gasteiger partial charge on any atom is -0.381 e. The number of hydrogen-bond acceptors (Lipinski definition) is 6. The van der Waals surface area contributed by atoms with E-state index >= 15 is 0 Å². The third-order valence-corrected chi connectivity index (χ3v) is 8.51. The molecule has 0 atom stereocenters. The standard InChI is InChI=1S/C25H33N5O5S/c1-25(2,34-4)23-28-21-15-19(7-10-22(21)30(23)16-17-11-13-35-14-12-17)29(3)36(32,33)20-8-5-18(6-9-20)27-24(26)31/h5-10,15,17H,11-14,16H2,1-4H3,(H3,26,27,31). The molecule has 1 fully saturated rings. The molecule has 194 valence electrons. The first-order chi connectivity index (χ1) is 17.0. The summed E-state index contributed by atoms with van der Waals surface area (Å²) < 4.78 is 41.3. The molecule has 1 aliphatic rings. The monoisotopic (exact) mass is 515 g/mol. The highest BCUT2D eigenvalue weighted by molar-refractivity contribution is 7.92. The number of nitrogens with two attached hydrogens (primary N) is 1. The molecule has 2 amide bonds. The van der Waals surface area contributed by atoms with Crippen molar-refractivity contribution in [2.24, 2.45) is 11.7 Å². The van der Waals surface area contributed by atoms with E-state index in [4.69, 9.17) is 20.2 Å². The van der Waals surface area contributed by atoms with Crippen LogP contribution in [0, 0.1) is 5.92 Å². The topological polar surface area (TPSA) is 129 Å². The van der Waals surface area contributed by atoms with Crippen molar-refractivity contribution in [3.8, 4) is 0 Å². The number of anilines is 2. The van der Waals surface area contributed by atoms with Gasteiger partial charge in [0, 0.05) is 39.6 Å². The van der Waals surface area contributed by atoms with Crippen molar-refractivity contribution < 1.29 is 22.7 Å². The maximum Gasteiger partial charge on any atom is 0.316 e. The molecule has 0 spiro atoms. The number of urea groups is 1. The summed E-state index contributed by atoms with van der Waals surface area (Å²) in [6.45, 7) is 6.26. The van der Waals surface area contributed by atoms with Gasteiger partial charge in [-0.3, -0.25) is 4.31 Å². The number of methoxy groups -OCH3 is 1. The van der Waals surface area contributed by atoms with Crippen LogP contribution in [0.5, 0.6) is 0 Å². The van der Waals surface area contributed by atoms with E-state index in [1.807, 2.05) is 19.9 Å². The number of rotatable bonds is 8. The van der Waals surface area contributed by atoms with Gasteiger partial charge in [0.1, 0.15) is 11.4 Å². The molecule has 0 saturated carbocycles. The molecule has 3 N–H and O–H groups in total. The number of carbonyl (C=O) groups excluding carboxylic acids is 1. The Balaban J connectivity index is 1.69. The van der Waals surface area contributed by atoms with E-state index in [9.17, 15) is 13.2 Å². The van der Waals surface area contributed by atoms with Crippen LogP contribution >= 0.6 is 0 Å². The number of carbonyl (C=O) groups is 1. The predicted molar refractivity (Wildman–Crippen MR) is 139 cm³/mol. The minimum atomic E-state index is -3.85. The average Bonchev–Trinajstić information content (AvgIpc) is 3.22. The highest BCUT2D eigenvalue weighted by Crippen LogP contribution is 2.32. The fourth-order valence-electron chi connectivity index (χ4n) is 4.39. The number of aromatic nitrogens is 2. The Labute approximate surface area is 211 Å². The highest BCUT2D eigenvalue weighted by atomic mass is 32.2. The molecule has 3 aromatic rings. The van der Waals surface area contributed by atoms with Gasteiger partial charge in [-0.15, -0.1) is 0 Å². The normalized spacial score (nSPS) is 15.2. The van der Waals surface area contributed by atoms with Crippen molar-refractivity contribution in [1.82, 2.24) is 9.55 Å². The number of benzene rings is 2. The van der Waals surface area contributed by atoms with Crippen LogP contribution in [-0.2, 0) is 31.6 Å². The average molecular weight is 516 g/mol. The molecule has 0 bridgehead atoms. The smallest absolute Gasteiger partial charge is 0.316 e. The summed E-state index contributed by atoms with van der Waals surface area (Å²) in [5.41, 5.74) is 7.02. The second-order valence-electron chi connectivity index (χ2n) is 9.48. The first-order valence-corrected chi connectivity index (χ1v) is 13.3. The van der Waals surface area contributed by atoms with E-state index in [1.165, 1.54) is 35.6 Å². The van der Waals surface area contributed by atoms with Gasteiger partial charge in [0.15, 0.2) is 0 Å². The number of imidazole rings is 1. The summed E-state index contributed by atoms with van der Waals surface area (Å²) in [7, 11) is -0.683. The lowest BCUT2D eigenvalue weighted by Crippen LogP contribution is -2.28. The van der Waals surface area contributed by atoms with Crippen molar-refractivity contribution in [1.29, 1.82) is 0 Å². The maximum atomic E-state index is 13.3. The Kier molecular flexibility index (Phi) is 7.26. The van der Waals surface area contributed by atoms with Crippen LogP contribution in [0.3, 0.4) is 0 Å². The number of primary amides is 1. The Morgan fingerprint density at radius 3 is 2.50 bits per heavy atom. The Morgan fingerprint density at radius 1 is 1.22 bits per heavy atom. The largest absolute Gasteiger partial charge is 0.381 e. The summed E-state index contributed by atoms with van der Waals surface area (Å²) in [5.74, 6) is 1.27. The van der Waals surface area contributed by atoms with Crippen LogP contribution in [0.2, 0.25) is 0 Å². The molecule has 2 heterocycles. The lowest BCUT2D eigenvalue weighted by atomic mass is 9.99. The van der Waals surface area contributed by atoms with E-state index in [0.29, 0.717) is 22.8 Å². The fourth-order valence-corrected chi connectivity index (χ4v) is 5.57. The van der Waals surface area contributed by atoms with Gasteiger partial charge in [-0.1, -0.05) is 0 Å². The van der Waals surface area contributed by atoms with Crippen molar-refractivity contribution in [3.05, 3.63) is 48.3 Å². The third-order valence-electron chi connectivity index (χ3n) is 6.71. The molecule has 0 radical (unpaired) electrons. The molecule has 1 aliphatic heterocycles. The number of ether oxygens (including phenoxy) is 2. The number of fused-ring (bicyclic) bond motifs is 1. The second-order valence-corrected chi connectivity index (χ2v) is 11.4. The van der Waals surface area contributed by atoms with Gasteiger partial charge in [0.05, 0.1) is 21.6 Å². The highest BCUT2D eigenvalue weighted by Gasteiger charge is 2.30. The molecule has 10 nitrogen and oxygen atoms in total. The maximum absolute atomic E-state index is 13.3. The first-order valence-electron chi connectivity index (χ1n) is 11.8. The molecule has 4 rings (SSSR count). The van der Waals surface area contributed by atoms with Gasteiger partial charge in [0.2, 0.25) is 0 Å². The number of amides is 2.